The molecule has 0 heterocycles. The van der Waals surface area contributed by atoms with E-state index in [1.807, 2.05) is 6.92 Å². The standard InChI is InChI=1S/C14H17N3O2/c1-4-5-12(15)14(19)17-11-7-6-9(2)13(8-11)16-10(3)18/h1,6-8,12H,5,15H2,2-3H3,(H,16,18)(H,17,19). The number of aryl methyl sites for hydroxylation is 1. The second kappa shape index (κ2) is 6.57. The first-order valence-corrected chi connectivity index (χ1v) is 5.82. The van der Waals surface area contributed by atoms with Crippen molar-refractivity contribution in [3.8, 4) is 12.3 Å². The molecular formula is C14H17N3O2. The largest absolute Gasteiger partial charge is 0.326 e. The van der Waals surface area contributed by atoms with Crippen molar-refractivity contribution in [2.24, 2.45) is 5.73 Å². The molecule has 1 rings (SSSR count). The van der Waals surface area contributed by atoms with Gasteiger partial charge in [-0.2, -0.15) is 0 Å². The first-order valence-electron chi connectivity index (χ1n) is 5.82. The number of terminal acetylenes is 1. The van der Waals surface area contributed by atoms with Gasteiger partial charge in [0, 0.05) is 24.7 Å². The van der Waals surface area contributed by atoms with E-state index in [4.69, 9.17) is 12.2 Å². The molecular weight excluding hydrogens is 242 g/mol. The molecule has 0 radical (unpaired) electrons. The van der Waals surface area contributed by atoms with Crippen LogP contribution in [0.15, 0.2) is 18.2 Å². The Kier molecular flexibility index (Phi) is 5.10. The fourth-order valence-electron chi connectivity index (χ4n) is 1.48. The number of amides is 2. The molecule has 0 spiro atoms. The third kappa shape index (κ3) is 4.45. The van der Waals surface area contributed by atoms with Gasteiger partial charge in [0.2, 0.25) is 11.8 Å². The van der Waals surface area contributed by atoms with Crippen LogP contribution in [0.4, 0.5) is 11.4 Å². The topological polar surface area (TPSA) is 84.2 Å². The molecule has 0 aliphatic carbocycles. The van der Waals surface area contributed by atoms with Crippen LogP contribution in [0.5, 0.6) is 0 Å². The number of hydrogen-bond acceptors (Lipinski definition) is 3. The maximum Gasteiger partial charge on any atom is 0.242 e. The molecule has 1 unspecified atom stereocenters. The zero-order valence-corrected chi connectivity index (χ0v) is 11.0. The average molecular weight is 259 g/mol. The van der Waals surface area contributed by atoms with Crippen molar-refractivity contribution < 1.29 is 9.59 Å². The van der Waals surface area contributed by atoms with Gasteiger partial charge in [-0.25, -0.2) is 0 Å². The summed E-state index contributed by atoms with van der Waals surface area (Å²) >= 11 is 0. The summed E-state index contributed by atoms with van der Waals surface area (Å²) in [6, 6.07) is 4.47. The number of carbonyl (C=O) groups is 2. The Hall–Kier alpha value is -2.32. The lowest BCUT2D eigenvalue weighted by atomic mass is 10.1. The highest BCUT2D eigenvalue weighted by molar-refractivity contribution is 5.96. The third-order valence-corrected chi connectivity index (χ3v) is 2.49. The molecule has 0 aromatic heterocycles. The van der Waals surface area contributed by atoms with Crippen molar-refractivity contribution in [1.82, 2.24) is 0 Å². The summed E-state index contributed by atoms with van der Waals surface area (Å²) in [4.78, 5) is 22.8. The van der Waals surface area contributed by atoms with Crippen LogP contribution in [0, 0.1) is 19.3 Å². The van der Waals surface area contributed by atoms with Gasteiger partial charge in [-0.15, -0.1) is 12.3 Å². The Labute approximate surface area is 112 Å². The molecule has 0 bridgehead atoms. The molecule has 100 valence electrons. The summed E-state index contributed by atoms with van der Waals surface area (Å²) in [6.07, 6.45) is 5.28. The molecule has 0 aliphatic rings. The first kappa shape index (κ1) is 14.7. The predicted octanol–water partition coefficient (Wildman–Crippen LogP) is 1.24. The summed E-state index contributed by atoms with van der Waals surface area (Å²) < 4.78 is 0. The van der Waals surface area contributed by atoms with Crippen molar-refractivity contribution in [2.45, 2.75) is 26.3 Å². The maximum absolute atomic E-state index is 11.7. The zero-order valence-electron chi connectivity index (χ0n) is 11.0. The van der Waals surface area contributed by atoms with Gasteiger partial charge in [-0.1, -0.05) is 6.07 Å². The van der Waals surface area contributed by atoms with E-state index in [9.17, 15) is 9.59 Å². The van der Waals surface area contributed by atoms with Crippen LogP contribution in [-0.2, 0) is 9.59 Å². The lowest BCUT2D eigenvalue weighted by Crippen LogP contribution is -2.35. The fraction of sp³-hybridized carbons (Fsp3) is 0.286. The van der Waals surface area contributed by atoms with Gasteiger partial charge < -0.3 is 16.4 Å². The van der Waals surface area contributed by atoms with E-state index in [0.29, 0.717) is 11.4 Å². The minimum absolute atomic E-state index is 0.171. The number of carbonyl (C=O) groups excluding carboxylic acids is 2. The van der Waals surface area contributed by atoms with Gasteiger partial charge in [-0.05, 0) is 24.6 Å². The SMILES string of the molecule is C#CCC(N)C(=O)Nc1ccc(C)c(NC(C)=O)c1. The number of benzene rings is 1. The molecule has 1 aromatic carbocycles. The van der Waals surface area contributed by atoms with E-state index < -0.39 is 6.04 Å². The van der Waals surface area contributed by atoms with E-state index in [1.165, 1.54) is 6.92 Å². The Bertz CT molecular complexity index is 532. The van der Waals surface area contributed by atoms with Crippen LogP contribution in [0.3, 0.4) is 0 Å². The summed E-state index contributed by atoms with van der Waals surface area (Å²) in [5, 5.41) is 5.34. The molecule has 4 N–H and O–H groups in total. The van der Waals surface area contributed by atoms with E-state index >= 15 is 0 Å². The number of hydrogen-bond donors (Lipinski definition) is 3. The molecule has 19 heavy (non-hydrogen) atoms. The molecule has 0 fully saturated rings. The highest BCUT2D eigenvalue weighted by Gasteiger charge is 2.12. The molecule has 0 saturated carbocycles. The molecule has 0 saturated heterocycles. The van der Waals surface area contributed by atoms with Gasteiger partial charge >= 0.3 is 0 Å². The van der Waals surface area contributed by atoms with Crippen LogP contribution in [0.2, 0.25) is 0 Å². The molecule has 5 heteroatoms. The van der Waals surface area contributed by atoms with E-state index in [0.717, 1.165) is 5.56 Å². The van der Waals surface area contributed by atoms with Crippen molar-refractivity contribution in [2.75, 3.05) is 10.6 Å². The number of anilines is 2. The van der Waals surface area contributed by atoms with Crippen molar-refractivity contribution in [3.63, 3.8) is 0 Å². The van der Waals surface area contributed by atoms with Gasteiger partial charge in [0.05, 0.1) is 6.04 Å². The fourth-order valence-corrected chi connectivity index (χ4v) is 1.48. The van der Waals surface area contributed by atoms with Crippen molar-refractivity contribution >= 4 is 23.2 Å². The van der Waals surface area contributed by atoms with Crippen molar-refractivity contribution in [3.05, 3.63) is 23.8 Å². The molecule has 2 amide bonds. The van der Waals surface area contributed by atoms with Gasteiger partial charge in [-0.3, -0.25) is 9.59 Å². The first-order chi connectivity index (χ1) is 8.93. The summed E-state index contributed by atoms with van der Waals surface area (Å²) in [5.74, 6) is 1.82. The zero-order chi connectivity index (χ0) is 14.4. The van der Waals surface area contributed by atoms with Gasteiger partial charge in [0.15, 0.2) is 0 Å². The van der Waals surface area contributed by atoms with Crippen LogP contribution < -0.4 is 16.4 Å². The molecule has 5 nitrogen and oxygen atoms in total. The number of nitrogens with two attached hydrogens (primary N) is 1. The lowest BCUT2D eigenvalue weighted by molar-refractivity contribution is -0.117. The normalized spacial score (nSPS) is 11.3. The highest BCUT2D eigenvalue weighted by atomic mass is 16.2. The smallest absolute Gasteiger partial charge is 0.242 e. The van der Waals surface area contributed by atoms with E-state index in [2.05, 4.69) is 16.6 Å². The number of rotatable bonds is 4. The van der Waals surface area contributed by atoms with Crippen LogP contribution >= 0.6 is 0 Å². The average Bonchev–Trinajstić information content (AvgIpc) is 2.33. The van der Waals surface area contributed by atoms with Crippen LogP contribution in [0.1, 0.15) is 18.9 Å². The Morgan fingerprint density at radius 3 is 2.68 bits per heavy atom. The van der Waals surface area contributed by atoms with E-state index in [-0.39, 0.29) is 18.2 Å². The minimum atomic E-state index is -0.740. The van der Waals surface area contributed by atoms with Crippen molar-refractivity contribution in [1.29, 1.82) is 0 Å². The van der Waals surface area contributed by atoms with E-state index in [1.54, 1.807) is 18.2 Å². The van der Waals surface area contributed by atoms with Gasteiger partial charge in [0.1, 0.15) is 0 Å². The Balaban J connectivity index is 2.82. The number of nitrogens with one attached hydrogen (secondary N) is 2. The highest BCUT2D eigenvalue weighted by Crippen LogP contribution is 2.20. The monoisotopic (exact) mass is 259 g/mol. The summed E-state index contributed by atoms with van der Waals surface area (Å²) in [7, 11) is 0. The minimum Gasteiger partial charge on any atom is -0.326 e. The van der Waals surface area contributed by atoms with Gasteiger partial charge in [0.25, 0.3) is 0 Å². The second-order valence-electron chi connectivity index (χ2n) is 4.21. The molecule has 1 atom stereocenters. The quantitative estimate of drug-likeness (QED) is 0.711. The molecule has 1 aromatic rings. The summed E-state index contributed by atoms with van der Waals surface area (Å²) in [6.45, 7) is 3.29. The molecule has 0 aliphatic heterocycles. The Morgan fingerprint density at radius 1 is 1.42 bits per heavy atom. The summed E-state index contributed by atoms with van der Waals surface area (Å²) in [5.41, 5.74) is 7.71. The third-order valence-electron chi connectivity index (χ3n) is 2.49. The second-order valence-corrected chi connectivity index (χ2v) is 4.21. The van der Waals surface area contributed by atoms with Crippen LogP contribution in [-0.4, -0.2) is 17.9 Å². The van der Waals surface area contributed by atoms with Crippen LogP contribution in [0.25, 0.3) is 0 Å². The predicted molar refractivity (Wildman–Crippen MR) is 75.5 cm³/mol. The lowest BCUT2D eigenvalue weighted by Gasteiger charge is -2.12. The Morgan fingerprint density at radius 2 is 2.11 bits per heavy atom. The maximum atomic E-state index is 11.7.